The third-order valence-electron chi connectivity index (χ3n) is 8.91. The number of para-hydroxylation sites is 1. The number of Topliss-reactive ketones (excluding diaryl/α,β-unsaturated/α-hetero) is 1. The number of benzene rings is 3. The predicted octanol–water partition coefficient (Wildman–Crippen LogP) is 6.36. The van der Waals surface area contributed by atoms with Gasteiger partial charge in [0.25, 0.3) is 0 Å². The summed E-state index contributed by atoms with van der Waals surface area (Å²) < 4.78 is 5.77. The van der Waals surface area contributed by atoms with Crippen LogP contribution in [0.1, 0.15) is 67.3 Å². The average Bonchev–Trinajstić information content (AvgIpc) is 3.11. The number of ketones is 1. The highest BCUT2D eigenvalue weighted by Crippen LogP contribution is 2.28. The number of ether oxygens (including phenoxy) is 1. The summed E-state index contributed by atoms with van der Waals surface area (Å²) in [4.78, 5) is 41.8. The normalized spacial score (nSPS) is 13.6. The Morgan fingerprint density at radius 3 is 2.31 bits per heavy atom. The summed E-state index contributed by atoms with van der Waals surface area (Å²) in [5, 5.41) is 9.47. The molecule has 258 valence electrons. The fourth-order valence-corrected chi connectivity index (χ4v) is 5.92. The molecule has 1 heterocycles. The van der Waals surface area contributed by atoms with Crippen LogP contribution in [0.5, 0.6) is 0 Å². The molecule has 1 aliphatic rings. The van der Waals surface area contributed by atoms with Gasteiger partial charge in [-0.25, -0.2) is 4.79 Å². The van der Waals surface area contributed by atoms with Gasteiger partial charge in [-0.1, -0.05) is 79.2 Å². The predicted molar refractivity (Wildman–Crippen MR) is 193 cm³/mol. The second-order valence-electron chi connectivity index (χ2n) is 12.6. The number of piperidine rings is 1. The number of likely N-dealkylation sites (tertiary alicyclic amines) is 1. The monoisotopic (exact) mass is 655 g/mol. The molecule has 9 heteroatoms. The summed E-state index contributed by atoms with van der Waals surface area (Å²) in [6.07, 6.45) is 5.92. The molecule has 0 radical (unpaired) electrons. The number of hydrogen-bond acceptors (Lipinski definition) is 7. The number of amides is 2. The average molecular weight is 656 g/mol. The van der Waals surface area contributed by atoms with Gasteiger partial charge in [-0.3, -0.25) is 14.9 Å². The van der Waals surface area contributed by atoms with Crippen molar-refractivity contribution in [1.29, 1.82) is 0 Å². The van der Waals surface area contributed by atoms with Crippen LogP contribution < -0.4 is 16.0 Å². The van der Waals surface area contributed by atoms with Gasteiger partial charge in [-0.2, -0.15) is 0 Å². The van der Waals surface area contributed by atoms with E-state index >= 15 is 0 Å². The van der Waals surface area contributed by atoms with Crippen LogP contribution in [-0.2, 0) is 16.1 Å². The summed E-state index contributed by atoms with van der Waals surface area (Å²) in [6, 6.07) is 25.6. The van der Waals surface area contributed by atoms with Crippen molar-refractivity contribution < 1.29 is 19.1 Å². The molecule has 0 saturated carbocycles. The molecule has 3 aromatic rings. The third kappa shape index (κ3) is 12.5. The molecular weight excluding hydrogens is 602 g/mol. The first-order valence-electron chi connectivity index (χ1n) is 17.5. The molecule has 2 amide bonds. The zero-order valence-corrected chi connectivity index (χ0v) is 28.7. The third-order valence-corrected chi connectivity index (χ3v) is 8.91. The number of nitrogens with zero attached hydrogens (tertiary/aromatic N) is 2. The molecule has 1 fully saturated rings. The van der Waals surface area contributed by atoms with E-state index in [0.29, 0.717) is 19.4 Å². The number of rotatable bonds is 19. The molecule has 3 aromatic carbocycles. The first kappa shape index (κ1) is 36.8. The lowest BCUT2D eigenvalue weighted by molar-refractivity contribution is -0.130. The Balaban J connectivity index is 1.02. The Kier molecular flexibility index (Phi) is 15.6. The molecule has 4 rings (SSSR count). The summed E-state index contributed by atoms with van der Waals surface area (Å²) in [5.41, 5.74) is 4.68. The minimum Gasteiger partial charge on any atom is -0.446 e. The van der Waals surface area contributed by atoms with Crippen molar-refractivity contribution in [3.63, 3.8) is 0 Å². The van der Waals surface area contributed by atoms with Crippen LogP contribution in [0.3, 0.4) is 0 Å². The van der Waals surface area contributed by atoms with Gasteiger partial charge in [0.2, 0.25) is 5.91 Å². The van der Waals surface area contributed by atoms with Gasteiger partial charge in [0.1, 0.15) is 6.10 Å². The van der Waals surface area contributed by atoms with E-state index in [2.05, 4.69) is 20.9 Å². The topological polar surface area (TPSA) is 103 Å². The van der Waals surface area contributed by atoms with Crippen molar-refractivity contribution in [2.45, 2.75) is 64.0 Å². The van der Waals surface area contributed by atoms with E-state index in [0.717, 1.165) is 100 Å². The number of unbranched alkanes of at least 4 members (excludes halogenated alkanes) is 2. The number of carbonyl (C=O) groups excluding carboxylic acids is 3. The SMILES string of the molecule is CNCCCC(=O)c1ccc(CNCCCCCC(=O)N(C)CCN2CCC(OC(=O)Nc3ccccc3-c3ccccc3)CC2)cc1. The maximum absolute atomic E-state index is 12.7. The minimum absolute atomic E-state index is 0.117. The summed E-state index contributed by atoms with van der Waals surface area (Å²) in [5.74, 6) is 0.384. The molecule has 0 unspecified atom stereocenters. The molecule has 3 N–H and O–H groups in total. The summed E-state index contributed by atoms with van der Waals surface area (Å²) >= 11 is 0. The van der Waals surface area contributed by atoms with Gasteiger partial charge in [0.15, 0.2) is 5.78 Å². The zero-order valence-electron chi connectivity index (χ0n) is 28.7. The molecular formula is C39H53N5O4. The number of nitrogens with one attached hydrogen (secondary N) is 3. The second kappa shape index (κ2) is 20.3. The van der Waals surface area contributed by atoms with Crippen LogP contribution in [-0.4, -0.2) is 87.1 Å². The zero-order chi connectivity index (χ0) is 34.0. The summed E-state index contributed by atoms with van der Waals surface area (Å²) in [6.45, 7) is 5.73. The highest BCUT2D eigenvalue weighted by Gasteiger charge is 2.23. The van der Waals surface area contributed by atoms with Gasteiger partial charge < -0.3 is 25.2 Å². The number of anilines is 1. The van der Waals surface area contributed by atoms with Crippen molar-refractivity contribution in [1.82, 2.24) is 20.4 Å². The van der Waals surface area contributed by atoms with Crippen LogP contribution in [0.25, 0.3) is 11.1 Å². The number of likely N-dealkylation sites (N-methyl/N-ethyl adjacent to an activating group) is 1. The van der Waals surface area contributed by atoms with Crippen LogP contribution in [0, 0.1) is 0 Å². The highest BCUT2D eigenvalue weighted by atomic mass is 16.6. The standard InChI is InChI=1S/C39H53N5O4/c1-40-24-11-16-37(45)33-20-18-31(19-21-33)30-41-25-10-4-7-17-38(46)43(2)28-29-44-26-22-34(23-27-44)48-39(47)42-36-15-9-8-14-35(36)32-12-5-3-6-13-32/h3,5-6,8-9,12-15,18-21,34,40-41H,4,7,10-11,16-17,22-30H2,1-2H3,(H,42,47). The lowest BCUT2D eigenvalue weighted by Gasteiger charge is -2.32. The van der Waals surface area contributed by atoms with Gasteiger partial charge in [-0.05, 0) is 69.4 Å². The van der Waals surface area contributed by atoms with Gasteiger partial charge in [0.05, 0.1) is 5.69 Å². The van der Waals surface area contributed by atoms with E-state index in [1.54, 1.807) is 0 Å². The van der Waals surface area contributed by atoms with Crippen molar-refractivity contribution in [3.05, 3.63) is 90.0 Å². The van der Waals surface area contributed by atoms with Gasteiger partial charge >= 0.3 is 6.09 Å². The summed E-state index contributed by atoms with van der Waals surface area (Å²) in [7, 11) is 3.79. The van der Waals surface area contributed by atoms with E-state index in [4.69, 9.17) is 4.74 Å². The molecule has 1 aliphatic heterocycles. The fourth-order valence-electron chi connectivity index (χ4n) is 5.92. The fraction of sp³-hybridized carbons (Fsp3) is 0.462. The van der Waals surface area contributed by atoms with E-state index < -0.39 is 6.09 Å². The van der Waals surface area contributed by atoms with Gasteiger partial charge in [-0.15, -0.1) is 0 Å². The van der Waals surface area contributed by atoms with Crippen LogP contribution in [0.4, 0.5) is 10.5 Å². The Labute approximate surface area is 286 Å². The Bertz CT molecular complexity index is 1410. The van der Waals surface area contributed by atoms with E-state index in [1.165, 1.54) is 5.56 Å². The molecule has 0 atom stereocenters. The van der Waals surface area contributed by atoms with E-state index in [1.807, 2.05) is 97.9 Å². The Morgan fingerprint density at radius 2 is 1.56 bits per heavy atom. The minimum atomic E-state index is -0.423. The lowest BCUT2D eigenvalue weighted by Crippen LogP contribution is -2.42. The van der Waals surface area contributed by atoms with Gasteiger partial charge in [0, 0.05) is 63.7 Å². The lowest BCUT2D eigenvalue weighted by atomic mass is 10.0. The van der Waals surface area contributed by atoms with Crippen LogP contribution >= 0.6 is 0 Å². The molecule has 0 aliphatic carbocycles. The molecule has 0 aromatic heterocycles. The number of carbonyl (C=O) groups is 3. The smallest absolute Gasteiger partial charge is 0.411 e. The first-order valence-corrected chi connectivity index (χ1v) is 17.5. The second-order valence-corrected chi connectivity index (χ2v) is 12.6. The maximum Gasteiger partial charge on any atom is 0.411 e. The molecule has 48 heavy (non-hydrogen) atoms. The van der Waals surface area contributed by atoms with Crippen molar-refractivity contribution in [3.8, 4) is 11.1 Å². The van der Waals surface area contributed by atoms with E-state index in [-0.39, 0.29) is 17.8 Å². The van der Waals surface area contributed by atoms with Crippen molar-refractivity contribution in [2.24, 2.45) is 0 Å². The van der Waals surface area contributed by atoms with Crippen molar-refractivity contribution >= 4 is 23.5 Å². The Morgan fingerprint density at radius 1 is 0.833 bits per heavy atom. The van der Waals surface area contributed by atoms with Crippen molar-refractivity contribution in [2.75, 3.05) is 58.7 Å². The molecule has 1 saturated heterocycles. The quantitative estimate of drug-likeness (QED) is 0.102. The van der Waals surface area contributed by atoms with E-state index in [9.17, 15) is 14.4 Å². The largest absolute Gasteiger partial charge is 0.446 e. The highest BCUT2D eigenvalue weighted by molar-refractivity contribution is 5.96. The molecule has 0 spiro atoms. The van der Waals surface area contributed by atoms with Crippen LogP contribution in [0.15, 0.2) is 78.9 Å². The first-order chi connectivity index (χ1) is 23.4. The Hall–Kier alpha value is -4.05. The molecule has 9 nitrogen and oxygen atoms in total. The van der Waals surface area contributed by atoms with Crippen LogP contribution in [0.2, 0.25) is 0 Å². The molecule has 0 bridgehead atoms. The number of hydrogen-bond donors (Lipinski definition) is 3. The maximum atomic E-state index is 12.7.